The van der Waals surface area contributed by atoms with E-state index in [9.17, 15) is 4.79 Å². The Morgan fingerprint density at radius 1 is 1.56 bits per heavy atom. The molecule has 2 rings (SSSR count). The van der Waals surface area contributed by atoms with Crippen molar-refractivity contribution in [3.8, 4) is 0 Å². The van der Waals surface area contributed by atoms with Crippen molar-refractivity contribution in [1.82, 2.24) is 4.90 Å². The van der Waals surface area contributed by atoms with Crippen LogP contribution in [0.5, 0.6) is 0 Å². The van der Waals surface area contributed by atoms with E-state index in [2.05, 4.69) is 18.4 Å². The molecule has 102 valence electrons. The first-order chi connectivity index (χ1) is 8.09. The SMILES string of the molecule is CC(c1cccs1)N(C)C(=O)C1CCC(N)C1.Cl. The van der Waals surface area contributed by atoms with Crippen LogP contribution in [0, 0.1) is 5.92 Å². The minimum Gasteiger partial charge on any atom is -0.338 e. The molecule has 0 spiro atoms. The molecule has 1 aliphatic carbocycles. The summed E-state index contributed by atoms with van der Waals surface area (Å²) in [4.78, 5) is 15.4. The molecule has 1 amide bonds. The zero-order valence-electron chi connectivity index (χ0n) is 10.8. The highest BCUT2D eigenvalue weighted by molar-refractivity contribution is 7.10. The maximum absolute atomic E-state index is 12.3. The number of nitrogens with two attached hydrogens (primary N) is 1. The van der Waals surface area contributed by atoms with E-state index in [1.165, 1.54) is 4.88 Å². The monoisotopic (exact) mass is 288 g/mol. The normalized spacial score (nSPS) is 24.4. The highest BCUT2D eigenvalue weighted by Crippen LogP contribution is 2.30. The van der Waals surface area contributed by atoms with Crippen molar-refractivity contribution in [2.75, 3.05) is 7.05 Å². The third kappa shape index (κ3) is 3.25. The molecule has 1 saturated carbocycles. The van der Waals surface area contributed by atoms with Crippen molar-refractivity contribution in [2.45, 2.75) is 38.3 Å². The minimum absolute atomic E-state index is 0. The summed E-state index contributed by atoms with van der Waals surface area (Å²) in [6, 6.07) is 4.49. The molecule has 1 aromatic heterocycles. The average molecular weight is 289 g/mol. The third-order valence-corrected chi connectivity index (χ3v) is 4.75. The van der Waals surface area contributed by atoms with Crippen molar-refractivity contribution in [1.29, 1.82) is 0 Å². The standard InChI is InChI=1S/C13H20N2OS.ClH/c1-9(12-4-3-7-17-12)15(2)13(16)10-5-6-11(14)8-10;/h3-4,7,9-11H,5-6,8,14H2,1-2H3;1H. The van der Waals surface area contributed by atoms with Crippen LogP contribution in [0.2, 0.25) is 0 Å². The van der Waals surface area contributed by atoms with E-state index in [4.69, 9.17) is 5.73 Å². The van der Waals surface area contributed by atoms with E-state index < -0.39 is 0 Å². The van der Waals surface area contributed by atoms with Gasteiger partial charge in [-0.2, -0.15) is 0 Å². The predicted molar refractivity (Wildman–Crippen MR) is 78.1 cm³/mol. The smallest absolute Gasteiger partial charge is 0.226 e. The number of carbonyl (C=O) groups is 1. The van der Waals surface area contributed by atoms with Gasteiger partial charge in [0.15, 0.2) is 0 Å². The Bertz CT molecular complexity index is 382. The van der Waals surface area contributed by atoms with Gasteiger partial charge in [-0.15, -0.1) is 23.7 Å². The van der Waals surface area contributed by atoms with E-state index in [1.54, 1.807) is 11.3 Å². The van der Waals surface area contributed by atoms with Gasteiger partial charge in [0.1, 0.15) is 0 Å². The van der Waals surface area contributed by atoms with Crippen LogP contribution < -0.4 is 5.73 Å². The molecule has 3 atom stereocenters. The number of hydrogen-bond donors (Lipinski definition) is 1. The summed E-state index contributed by atoms with van der Waals surface area (Å²) in [5, 5.41) is 2.05. The van der Waals surface area contributed by atoms with Crippen LogP contribution in [0.15, 0.2) is 17.5 Å². The lowest BCUT2D eigenvalue weighted by Gasteiger charge is -2.27. The molecular formula is C13H21ClN2OS. The Morgan fingerprint density at radius 3 is 2.78 bits per heavy atom. The second-order valence-corrected chi connectivity index (χ2v) is 5.89. The fourth-order valence-corrected chi connectivity index (χ4v) is 3.27. The summed E-state index contributed by atoms with van der Waals surface area (Å²) >= 11 is 1.70. The number of carbonyl (C=O) groups excluding carboxylic acids is 1. The van der Waals surface area contributed by atoms with Crippen LogP contribution in [0.25, 0.3) is 0 Å². The minimum atomic E-state index is 0. The first kappa shape index (κ1) is 15.5. The zero-order chi connectivity index (χ0) is 12.4. The molecule has 3 nitrogen and oxygen atoms in total. The maximum Gasteiger partial charge on any atom is 0.226 e. The molecule has 0 radical (unpaired) electrons. The Labute approximate surface area is 119 Å². The number of hydrogen-bond acceptors (Lipinski definition) is 3. The number of amides is 1. The van der Waals surface area contributed by atoms with Gasteiger partial charge in [-0.1, -0.05) is 6.07 Å². The van der Waals surface area contributed by atoms with E-state index >= 15 is 0 Å². The predicted octanol–water partition coefficient (Wildman–Crippen LogP) is 2.82. The molecule has 1 fully saturated rings. The summed E-state index contributed by atoms with van der Waals surface area (Å²) in [6.07, 6.45) is 2.78. The molecule has 1 heterocycles. The van der Waals surface area contributed by atoms with Gasteiger partial charge in [-0.25, -0.2) is 0 Å². The van der Waals surface area contributed by atoms with Crippen molar-refractivity contribution in [3.05, 3.63) is 22.4 Å². The van der Waals surface area contributed by atoms with E-state index in [0.29, 0.717) is 0 Å². The summed E-state index contributed by atoms with van der Waals surface area (Å²) in [7, 11) is 1.90. The highest BCUT2D eigenvalue weighted by Gasteiger charge is 2.31. The lowest BCUT2D eigenvalue weighted by Crippen LogP contribution is -2.34. The van der Waals surface area contributed by atoms with Crippen LogP contribution in [0.4, 0.5) is 0 Å². The lowest BCUT2D eigenvalue weighted by molar-refractivity contribution is -0.135. The van der Waals surface area contributed by atoms with Gasteiger partial charge >= 0.3 is 0 Å². The highest BCUT2D eigenvalue weighted by atomic mass is 35.5. The Kier molecular flexibility index (Phi) is 5.63. The van der Waals surface area contributed by atoms with Crippen LogP contribution in [-0.2, 0) is 4.79 Å². The quantitative estimate of drug-likeness (QED) is 0.930. The van der Waals surface area contributed by atoms with Gasteiger partial charge in [0.05, 0.1) is 6.04 Å². The number of nitrogens with zero attached hydrogens (tertiary/aromatic N) is 1. The van der Waals surface area contributed by atoms with Crippen molar-refractivity contribution in [2.24, 2.45) is 11.7 Å². The van der Waals surface area contributed by atoms with Crippen LogP contribution in [0.3, 0.4) is 0 Å². The Hall–Kier alpha value is -0.580. The molecule has 2 N–H and O–H groups in total. The van der Waals surface area contributed by atoms with Gasteiger partial charge in [-0.3, -0.25) is 4.79 Å². The molecule has 1 aliphatic rings. The molecule has 0 bridgehead atoms. The second kappa shape index (κ2) is 6.55. The van der Waals surface area contributed by atoms with E-state index in [-0.39, 0.29) is 36.3 Å². The van der Waals surface area contributed by atoms with Gasteiger partial charge in [0, 0.05) is 23.9 Å². The van der Waals surface area contributed by atoms with Crippen molar-refractivity contribution < 1.29 is 4.79 Å². The van der Waals surface area contributed by atoms with Crippen LogP contribution in [-0.4, -0.2) is 23.9 Å². The van der Waals surface area contributed by atoms with E-state index in [0.717, 1.165) is 19.3 Å². The molecule has 0 saturated heterocycles. The number of rotatable bonds is 3. The van der Waals surface area contributed by atoms with Crippen LogP contribution in [0.1, 0.15) is 37.1 Å². The van der Waals surface area contributed by atoms with E-state index in [1.807, 2.05) is 18.0 Å². The van der Waals surface area contributed by atoms with Crippen LogP contribution >= 0.6 is 23.7 Å². The molecule has 0 aromatic carbocycles. The summed E-state index contributed by atoms with van der Waals surface area (Å²) in [5.74, 6) is 0.385. The van der Waals surface area contributed by atoms with Gasteiger partial charge in [-0.05, 0) is 37.6 Å². The van der Waals surface area contributed by atoms with Gasteiger partial charge < -0.3 is 10.6 Å². The fraction of sp³-hybridized carbons (Fsp3) is 0.615. The lowest BCUT2D eigenvalue weighted by atomic mass is 10.1. The molecule has 3 unspecified atom stereocenters. The Balaban J connectivity index is 0.00000162. The molecule has 18 heavy (non-hydrogen) atoms. The molecular weight excluding hydrogens is 268 g/mol. The zero-order valence-corrected chi connectivity index (χ0v) is 12.5. The van der Waals surface area contributed by atoms with Gasteiger partial charge in [0.25, 0.3) is 0 Å². The van der Waals surface area contributed by atoms with Gasteiger partial charge in [0.2, 0.25) is 5.91 Å². The largest absolute Gasteiger partial charge is 0.338 e. The summed E-state index contributed by atoms with van der Waals surface area (Å²) in [5.41, 5.74) is 5.87. The number of halogens is 1. The van der Waals surface area contributed by atoms with Crippen molar-refractivity contribution in [3.63, 3.8) is 0 Å². The maximum atomic E-state index is 12.3. The first-order valence-corrected chi connectivity index (χ1v) is 7.03. The Morgan fingerprint density at radius 2 is 2.28 bits per heavy atom. The average Bonchev–Trinajstić information content (AvgIpc) is 2.96. The summed E-state index contributed by atoms with van der Waals surface area (Å²) < 4.78 is 0. The number of thiophene rings is 1. The molecule has 5 heteroatoms. The molecule has 0 aliphatic heterocycles. The van der Waals surface area contributed by atoms with Crippen molar-refractivity contribution >= 4 is 29.7 Å². The third-order valence-electron chi connectivity index (χ3n) is 3.71. The molecule has 1 aromatic rings. The topological polar surface area (TPSA) is 46.3 Å². The first-order valence-electron chi connectivity index (χ1n) is 6.15. The fourth-order valence-electron chi connectivity index (χ4n) is 2.44. The summed E-state index contributed by atoms with van der Waals surface area (Å²) in [6.45, 7) is 2.08. The second-order valence-electron chi connectivity index (χ2n) is 4.91.